The van der Waals surface area contributed by atoms with Gasteiger partial charge in [0.05, 0.1) is 11.7 Å². The molecule has 0 aromatic carbocycles. The first-order valence-electron chi connectivity index (χ1n) is 7.13. The topological polar surface area (TPSA) is 19.4 Å². The number of halogens is 2. The summed E-state index contributed by atoms with van der Waals surface area (Å²) in [6.45, 7) is 5.73. The van der Waals surface area contributed by atoms with Gasteiger partial charge in [0.25, 0.3) is 0 Å². The van der Waals surface area contributed by atoms with Gasteiger partial charge in [-0.1, -0.05) is 25.8 Å². The molecule has 2 heterocycles. The summed E-state index contributed by atoms with van der Waals surface area (Å²) in [5.74, 6) is 0. The summed E-state index contributed by atoms with van der Waals surface area (Å²) < 4.78 is 29.1. The van der Waals surface area contributed by atoms with Crippen LogP contribution in [-0.2, 0) is 0 Å². The Kier molecular flexibility index (Phi) is 3.46. The van der Waals surface area contributed by atoms with Gasteiger partial charge in [0.2, 0.25) is 6.30 Å². The first-order valence-corrected chi connectivity index (χ1v) is 7.13. The van der Waals surface area contributed by atoms with E-state index in [1.165, 1.54) is 0 Å². The summed E-state index contributed by atoms with van der Waals surface area (Å²) >= 11 is 0. The zero-order valence-corrected chi connectivity index (χ0v) is 11.6. The molecule has 0 radical (unpaired) electrons. The summed E-state index contributed by atoms with van der Waals surface area (Å²) in [6, 6.07) is 1.56. The lowest BCUT2D eigenvalue weighted by atomic mass is 9.96. The molecule has 1 aromatic heterocycles. The van der Waals surface area contributed by atoms with Gasteiger partial charge in [-0.05, 0) is 36.6 Å². The SMILES string of the molecule is C=C1c2cc(C)cnc2C(F)N1N(F)C1CCCCC1. The van der Waals surface area contributed by atoms with E-state index in [0.29, 0.717) is 16.5 Å². The number of rotatable bonds is 2. The third-order valence-corrected chi connectivity index (χ3v) is 4.16. The highest BCUT2D eigenvalue weighted by atomic mass is 19.2. The maximum absolute atomic E-state index is 14.6. The molecule has 0 saturated heterocycles. The van der Waals surface area contributed by atoms with Crippen LogP contribution in [0.1, 0.15) is 55.2 Å². The normalized spacial score (nSPS) is 23.5. The van der Waals surface area contributed by atoms with E-state index < -0.39 is 6.30 Å². The first kappa shape index (κ1) is 13.5. The highest BCUT2D eigenvalue weighted by molar-refractivity contribution is 5.68. The Labute approximate surface area is 117 Å². The number of aryl methyl sites for hydroxylation is 1. The molecule has 1 atom stereocenters. The van der Waals surface area contributed by atoms with Gasteiger partial charge >= 0.3 is 0 Å². The van der Waals surface area contributed by atoms with E-state index in [4.69, 9.17) is 0 Å². The molecular weight excluding hydrogens is 260 g/mol. The molecule has 5 heteroatoms. The minimum absolute atomic E-state index is 0.255. The number of hydrogen-bond acceptors (Lipinski definition) is 3. The van der Waals surface area contributed by atoms with E-state index >= 15 is 0 Å². The number of alkyl halides is 1. The Morgan fingerprint density at radius 1 is 1.35 bits per heavy atom. The van der Waals surface area contributed by atoms with Crippen LogP contribution < -0.4 is 0 Å². The molecule has 1 aliphatic carbocycles. The monoisotopic (exact) mass is 279 g/mol. The van der Waals surface area contributed by atoms with E-state index in [2.05, 4.69) is 11.6 Å². The zero-order valence-electron chi connectivity index (χ0n) is 11.6. The third kappa shape index (κ3) is 2.10. The fourth-order valence-electron chi connectivity index (χ4n) is 3.06. The van der Waals surface area contributed by atoms with Crippen molar-refractivity contribution in [2.24, 2.45) is 0 Å². The molecule has 0 spiro atoms. The summed E-state index contributed by atoms with van der Waals surface area (Å²) in [5.41, 5.74) is 2.15. The number of aromatic nitrogens is 1. The highest BCUT2D eigenvalue weighted by Crippen LogP contribution is 2.43. The molecule has 2 aliphatic rings. The van der Waals surface area contributed by atoms with Crippen molar-refractivity contribution in [1.29, 1.82) is 0 Å². The van der Waals surface area contributed by atoms with Gasteiger partial charge in [0, 0.05) is 11.8 Å². The second-order valence-corrected chi connectivity index (χ2v) is 5.65. The molecular formula is C15H19F2N3. The van der Waals surface area contributed by atoms with Gasteiger partial charge < -0.3 is 0 Å². The van der Waals surface area contributed by atoms with Crippen molar-refractivity contribution < 1.29 is 8.87 Å². The minimum Gasteiger partial charge on any atom is -0.255 e. The Bertz CT molecular complexity index is 526. The quantitative estimate of drug-likeness (QED) is 0.600. The minimum atomic E-state index is -1.58. The summed E-state index contributed by atoms with van der Waals surface area (Å²) in [5, 5.41) is 1.57. The van der Waals surface area contributed by atoms with Gasteiger partial charge in [0.15, 0.2) is 0 Å². The van der Waals surface area contributed by atoms with Crippen LogP contribution in [0.3, 0.4) is 0 Å². The van der Waals surface area contributed by atoms with E-state index in [1.54, 1.807) is 6.20 Å². The van der Waals surface area contributed by atoms with Gasteiger partial charge in [-0.2, -0.15) is 0 Å². The molecule has 3 rings (SSSR count). The molecule has 1 aliphatic heterocycles. The van der Waals surface area contributed by atoms with Crippen molar-refractivity contribution in [3.05, 3.63) is 35.7 Å². The number of fused-ring (bicyclic) bond motifs is 1. The molecule has 0 N–H and O–H groups in total. The standard InChI is InChI=1S/C15H19F2N3/c1-10-8-13-11(2)19(15(16)14(13)18-9-10)20(17)12-6-4-3-5-7-12/h8-9,12,15H,2-7H2,1H3. The first-order chi connectivity index (χ1) is 9.59. The lowest BCUT2D eigenvalue weighted by Gasteiger charge is -2.35. The average molecular weight is 279 g/mol. The lowest BCUT2D eigenvalue weighted by Crippen LogP contribution is -2.41. The van der Waals surface area contributed by atoms with E-state index in [0.717, 1.165) is 42.7 Å². The Morgan fingerprint density at radius 2 is 2.05 bits per heavy atom. The van der Waals surface area contributed by atoms with E-state index in [9.17, 15) is 8.87 Å². The van der Waals surface area contributed by atoms with Crippen molar-refractivity contribution in [1.82, 2.24) is 15.2 Å². The molecule has 1 unspecified atom stereocenters. The third-order valence-electron chi connectivity index (χ3n) is 4.16. The van der Waals surface area contributed by atoms with E-state index in [-0.39, 0.29) is 11.7 Å². The Hall–Kier alpha value is -1.49. The summed E-state index contributed by atoms with van der Waals surface area (Å²) in [4.78, 5) is 4.10. The number of hydrogen-bond donors (Lipinski definition) is 0. The Balaban J connectivity index is 1.86. The van der Waals surface area contributed by atoms with Crippen LogP contribution >= 0.6 is 0 Å². The maximum Gasteiger partial charge on any atom is 0.231 e. The van der Waals surface area contributed by atoms with E-state index in [1.807, 2.05) is 13.0 Å². The van der Waals surface area contributed by atoms with Crippen molar-refractivity contribution in [3.63, 3.8) is 0 Å². The van der Waals surface area contributed by atoms with Crippen LogP contribution in [0, 0.1) is 6.92 Å². The Morgan fingerprint density at radius 3 is 2.75 bits per heavy atom. The predicted octanol–water partition coefficient (Wildman–Crippen LogP) is 4.08. The number of nitrogens with zero attached hydrogens (tertiary/aromatic N) is 3. The molecule has 1 saturated carbocycles. The van der Waals surface area contributed by atoms with Gasteiger partial charge in [-0.15, -0.1) is 4.48 Å². The average Bonchev–Trinajstić information content (AvgIpc) is 2.71. The second kappa shape index (κ2) is 5.13. The van der Waals surface area contributed by atoms with Crippen molar-refractivity contribution in [2.45, 2.75) is 51.4 Å². The smallest absolute Gasteiger partial charge is 0.231 e. The predicted molar refractivity (Wildman–Crippen MR) is 73.5 cm³/mol. The van der Waals surface area contributed by atoms with Crippen LogP contribution in [0.25, 0.3) is 5.70 Å². The van der Waals surface area contributed by atoms with Crippen molar-refractivity contribution in [2.75, 3.05) is 0 Å². The fraction of sp³-hybridized carbons (Fsp3) is 0.533. The number of hydrazine groups is 1. The second-order valence-electron chi connectivity index (χ2n) is 5.65. The van der Waals surface area contributed by atoms with Crippen LogP contribution in [0.15, 0.2) is 18.8 Å². The van der Waals surface area contributed by atoms with Crippen LogP contribution in [0.4, 0.5) is 8.87 Å². The molecule has 0 amide bonds. The summed E-state index contributed by atoms with van der Waals surface area (Å²) in [7, 11) is 0. The molecule has 108 valence electrons. The molecule has 0 bridgehead atoms. The van der Waals surface area contributed by atoms with Crippen LogP contribution in [0.5, 0.6) is 0 Å². The van der Waals surface area contributed by atoms with Gasteiger partial charge in [0.1, 0.15) is 5.69 Å². The van der Waals surface area contributed by atoms with Gasteiger partial charge in [-0.3, -0.25) is 4.98 Å². The van der Waals surface area contributed by atoms with Gasteiger partial charge in [-0.25, -0.2) is 9.40 Å². The van der Waals surface area contributed by atoms with Crippen LogP contribution in [-0.4, -0.2) is 21.3 Å². The van der Waals surface area contributed by atoms with Crippen LogP contribution in [0.2, 0.25) is 0 Å². The number of pyridine rings is 1. The highest BCUT2D eigenvalue weighted by Gasteiger charge is 2.41. The molecule has 3 nitrogen and oxygen atoms in total. The molecule has 1 aromatic rings. The zero-order chi connectivity index (χ0) is 14.3. The summed E-state index contributed by atoms with van der Waals surface area (Å²) in [6.07, 6.45) is 4.66. The van der Waals surface area contributed by atoms with Crippen molar-refractivity contribution >= 4 is 5.70 Å². The van der Waals surface area contributed by atoms with Crippen molar-refractivity contribution in [3.8, 4) is 0 Å². The fourth-order valence-corrected chi connectivity index (χ4v) is 3.06. The molecule has 1 fully saturated rings. The molecule has 20 heavy (non-hydrogen) atoms. The lowest BCUT2D eigenvalue weighted by molar-refractivity contribution is -0.211. The largest absolute Gasteiger partial charge is 0.255 e. The maximum atomic E-state index is 14.6.